The number of aromatic nitrogens is 3. The lowest BCUT2D eigenvalue weighted by Gasteiger charge is -2.24. The van der Waals surface area contributed by atoms with Crippen LogP contribution < -0.4 is 15.4 Å². The van der Waals surface area contributed by atoms with E-state index in [2.05, 4.69) is 37.6 Å². The minimum absolute atomic E-state index is 0.306. The van der Waals surface area contributed by atoms with Crippen LogP contribution in [0.2, 0.25) is 0 Å². The summed E-state index contributed by atoms with van der Waals surface area (Å²) in [5.41, 5.74) is 2.38. The number of rotatable bonds is 15. The maximum absolute atomic E-state index is 13.2. The van der Waals surface area contributed by atoms with Gasteiger partial charge in [0.2, 0.25) is 0 Å². The normalized spacial score (nSPS) is 13.4. The molecule has 3 heterocycles. The molecule has 4 rings (SSSR count). The predicted octanol–water partition coefficient (Wildman–Crippen LogP) is 4.03. The highest BCUT2D eigenvalue weighted by molar-refractivity contribution is 5.76. The van der Waals surface area contributed by atoms with Gasteiger partial charge in [0.05, 0.1) is 0 Å². The second kappa shape index (κ2) is 14.2. The molecule has 0 spiro atoms. The van der Waals surface area contributed by atoms with Crippen molar-refractivity contribution >= 4 is 17.6 Å². The van der Waals surface area contributed by atoms with Crippen LogP contribution in [0.5, 0.6) is 5.75 Å². The molecule has 9 nitrogen and oxygen atoms in total. The molecule has 0 saturated heterocycles. The van der Waals surface area contributed by atoms with E-state index in [-0.39, 0.29) is 5.82 Å². The number of pyridine rings is 1. The van der Waals surface area contributed by atoms with E-state index in [4.69, 9.17) is 9.72 Å². The van der Waals surface area contributed by atoms with Crippen LogP contribution >= 0.6 is 0 Å². The summed E-state index contributed by atoms with van der Waals surface area (Å²) in [6, 6.07) is 11.1. The first-order chi connectivity index (χ1) is 18.6. The number of fused-ring (bicyclic) bond motifs is 1. The number of hydrogen-bond donors (Lipinski definition) is 3. The van der Waals surface area contributed by atoms with E-state index < -0.39 is 12.0 Å². The highest BCUT2D eigenvalue weighted by Gasteiger charge is 2.19. The van der Waals surface area contributed by atoms with Gasteiger partial charge in [-0.2, -0.15) is 0 Å². The fourth-order valence-electron chi connectivity index (χ4n) is 4.43. The zero-order chi connectivity index (χ0) is 26.6. The fourth-order valence-corrected chi connectivity index (χ4v) is 4.43. The van der Waals surface area contributed by atoms with Crippen LogP contribution in [0, 0.1) is 5.82 Å². The first-order valence-electron chi connectivity index (χ1n) is 13.2. The van der Waals surface area contributed by atoms with Crippen molar-refractivity contribution in [3.8, 4) is 5.75 Å². The Morgan fingerprint density at radius 1 is 1.13 bits per heavy atom. The quantitative estimate of drug-likeness (QED) is 0.255. The van der Waals surface area contributed by atoms with Crippen molar-refractivity contribution in [3.63, 3.8) is 0 Å². The molecule has 202 valence electrons. The molecule has 0 saturated carbocycles. The van der Waals surface area contributed by atoms with E-state index in [1.54, 1.807) is 24.4 Å². The summed E-state index contributed by atoms with van der Waals surface area (Å²) in [6.45, 7) is 3.39. The van der Waals surface area contributed by atoms with Gasteiger partial charge in [0.15, 0.2) is 0 Å². The fraction of sp³-hybridized carbons (Fsp3) is 0.429. The van der Waals surface area contributed by atoms with Crippen LogP contribution in [0.1, 0.15) is 36.9 Å². The van der Waals surface area contributed by atoms with Gasteiger partial charge < -0.3 is 20.5 Å². The number of ether oxygens (including phenoxy) is 1. The van der Waals surface area contributed by atoms with Crippen LogP contribution in [0.4, 0.5) is 16.0 Å². The van der Waals surface area contributed by atoms with Crippen molar-refractivity contribution in [3.05, 3.63) is 72.1 Å². The Morgan fingerprint density at radius 2 is 2.00 bits per heavy atom. The monoisotopic (exact) mass is 522 g/mol. The number of unbranched alkanes of at least 4 members (excludes halogenated alkanes) is 1. The lowest BCUT2D eigenvalue weighted by molar-refractivity contribution is -0.138. The first-order valence-corrected chi connectivity index (χ1v) is 13.2. The lowest BCUT2D eigenvalue weighted by Crippen LogP contribution is -2.37. The van der Waals surface area contributed by atoms with Crippen molar-refractivity contribution in [2.45, 2.75) is 44.6 Å². The summed E-state index contributed by atoms with van der Waals surface area (Å²) in [5, 5.41) is 16.1. The maximum atomic E-state index is 13.2. The maximum Gasteiger partial charge on any atom is 0.326 e. The molecular formula is C28H35FN6O3. The number of aliphatic carboxylic acids is 1. The minimum Gasteiger partial charge on any atom is -0.492 e. The molecule has 3 N–H and O–H groups in total. The molecule has 0 bridgehead atoms. The van der Waals surface area contributed by atoms with Crippen LogP contribution in [-0.2, 0) is 17.6 Å². The molecule has 1 unspecified atom stereocenters. The molecule has 1 aromatic carbocycles. The average molecular weight is 523 g/mol. The molecule has 1 aliphatic heterocycles. The zero-order valence-corrected chi connectivity index (χ0v) is 21.5. The number of anilines is 2. The van der Waals surface area contributed by atoms with Gasteiger partial charge >= 0.3 is 5.97 Å². The van der Waals surface area contributed by atoms with Gasteiger partial charge in [-0.1, -0.05) is 6.07 Å². The number of benzene rings is 1. The summed E-state index contributed by atoms with van der Waals surface area (Å²) < 4.78 is 19.0. The molecular weight excluding hydrogens is 487 g/mol. The van der Waals surface area contributed by atoms with Gasteiger partial charge in [0.25, 0.3) is 0 Å². The van der Waals surface area contributed by atoms with Crippen LogP contribution in [0.25, 0.3) is 0 Å². The number of nitrogens with zero attached hydrogens (tertiary/aromatic N) is 4. The highest BCUT2D eigenvalue weighted by atomic mass is 19.1. The standard InChI is InChI=1S/C28H35FN6O3/c29-22-7-10-24(11-8-22)38-19-18-35(17-13-25(28(36)37)34-26-12-15-30-20-32-26)16-2-1-5-23-9-6-21-4-3-14-31-27(21)33-23/h6-12,15,20,25H,1-5,13-14,16-19H2,(H,31,33)(H,36,37)(H,30,32,34). The van der Waals surface area contributed by atoms with E-state index >= 15 is 0 Å². The van der Waals surface area contributed by atoms with E-state index in [1.807, 2.05) is 0 Å². The van der Waals surface area contributed by atoms with Crippen molar-refractivity contribution < 1.29 is 19.0 Å². The van der Waals surface area contributed by atoms with E-state index in [0.717, 1.165) is 56.7 Å². The SMILES string of the molecule is O=C(O)C(CCN(CCCCc1ccc2c(n1)NCCC2)CCOc1ccc(F)cc1)Nc1ccncn1. The van der Waals surface area contributed by atoms with Gasteiger partial charge in [0.1, 0.15) is 42.2 Å². The van der Waals surface area contributed by atoms with Gasteiger partial charge in [0, 0.05) is 31.5 Å². The molecule has 0 amide bonds. The second-order valence-electron chi connectivity index (χ2n) is 9.36. The molecule has 0 aliphatic carbocycles. The number of halogens is 1. The van der Waals surface area contributed by atoms with Crippen LogP contribution in [0.15, 0.2) is 55.0 Å². The molecule has 0 fully saturated rings. The third-order valence-corrected chi connectivity index (χ3v) is 6.54. The molecule has 1 atom stereocenters. The number of aryl methyl sites for hydroxylation is 2. The first kappa shape index (κ1) is 27.3. The zero-order valence-electron chi connectivity index (χ0n) is 21.5. The summed E-state index contributed by atoms with van der Waals surface area (Å²) in [5.74, 6) is 0.861. The molecule has 1 aliphatic rings. The van der Waals surface area contributed by atoms with E-state index in [0.29, 0.717) is 37.7 Å². The summed E-state index contributed by atoms with van der Waals surface area (Å²) >= 11 is 0. The molecule has 0 radical (unpaired) electrons. The van der Waals surface area contributed by atoms with Gasteiger partial charge in [-0.15, -0.1) is 0 Å². The number of hydrogen-bond acceptors (Lipinski definition) is 8. The minimum atomic E-state index is -0.932. The smallest absolute Gasteiger partial charge is 0.326 e. The van der Waals surface area contributed by atoms with Crippen molar-refractivity contribution in [2.24, 2.45) is 0 Å². The summed E-state index contributed by atoms with van der Waals surface area (Å²) in [6.07, 6.45) is 8.38. The Labute approximate surface area is 222 Å². The number of carboxylic acid groups (broad SMARTS) is 1. The number of nitrogens with one attached hydrogen (secondary N) is 2. The second-order valence-corrected chi connectivity index (χ2v) is 9.36. The Kier molecular flexibility index (Phi) is 10.2. The van der Waals surface area contributed by atoms with E-state index in [9.17, 15) is 14.3 Å². The van der Waals surface area contributed by atoms with Crippen molar-refractivity contribution in [1.82, 2.24) is 19.9 Å². The van der Waals surface area contributed by atoms with Crippen molar-refractivity contribution in [2.75, 3.05) is 43.4 Å². The highest BCUT2D eigenvalue weighted by Crippen LogP contribution is 2.20. The molecule has 38 heavy (non-hydrogen) atoms. The lowest BCUT2D eigenvalue weighted by atomic mass is 10.1. The summed E-state index contributed by atoms with van der Waals surface area (Å²) in [4.78, 5) is 26.8. The van der Waals surface area contributed by atoms with Gasteiger partial charge in [-0.05, 0) is 87.0 Å². The Bertz CT molecular complexity index is 1150. The third-order valence-electron chi connectivity index (χ3n) is 6.54. The van der Waals surface area contributed by atoms with Gasteiger partial charge in [-0.3, -0.25) is 4.90 Å². The van der Waals surface area contributed by atoms with Crippen molar-refractivity contribution in [1.29, 1.82) is 0 Å². The Morgan fingerprint density at radius 3 is 2.79 bits per heavy atom. The number of carboxylic acids is 1. The van der Waals surface area contributed by atoms with Gasteiger partial charge in [-0.25, -0.2) is 24.1 Å². The predicted molar refractivity (Wildman–Crippen MR) is 144 cm³/mol. The topological polar surface area (TPSA) is 112 Å². The Balaban J connectivity index is 1.29. The third kappa shape index (κ3) is 8.65. The largest absolute Gasteiger partial charge is 0.492 e. The molecule has 3 aromatic rings. The summed E-state index contributed by atoms with van der Waals surface area (Å²) in [7, 11) is 0. The van der Waals surface area contributed by atoms with Crippen LogP contribution in [0.3, 0.4) is 0 Å². The average Bonchev–Trinajstić information content (AvgIpc) is 2.94. The Hall–Kier alpha value is -3.79. The van der Waals surface area contributed by atoms with E-state index in [1.165, 1.54) is 24.0 Å². The number of carbonyl (C=O) groups is 1. The molecule has 10 heteroatoms. The molecule has 2 aromatic heterocycles. The van der Waals surface area contributed by atoms with Crippen LogP contribution in [-0.4, -0.2) is 69.8 Å².